The zero-order chi connectivity index (χ0) is 13.2. The van der Waals surface area contributed by atoms with Crippen molar-refractivity contribution in [3.8, 4) is 0 Å². The van der Waals surface area contributed by atoms with Crippen molar-refractivity contribution in [1.82, 2.24) is 15.5 Å². The minimum Gasteiger partial charge on any atom is -0.353 e. The van der Waals surface area contributed by atoms with Crippen LogP contribution in [0.1, 0.15) is 46.0 Å². The normalized spacial score (nSPS) is 19.2. The number of nitrogens with one attached hydrogen (secondary N) is 2. The van der Waals surface area contributed by atoms with E-state index >= 15 is 0 Å². The lowest BCUT2D eigenvalue weighted by atomic mass is 10.2. The predicted octanol–water partition coefficient (Wildman–Crippen LogP) is 1.37. The molecule has 1 atom stereocenters. The molecule has 0 aromatic heterocycles. The molecule has 0 aromatic rings. The molecular formula is C14H29N3O. The largest absolute Gasteiger partial charge is 0.353 e. The van der Waals surface area contributed by atoms with Gasteiger partial charge < -0.3 is 10.6 Å². The average molecular weight is 255 g/mol. The van der Waals surface area contributed by atoms with Crippen LogP contribution in [0.4, 0.5) is 0 Å². The fourth-order valence-corrected chi connectivity index (χ4v) is 2.37. The molecule has 1 amide bonds. The molecule has 1 aliphatic heterocycles. The molecule has 1 unspecified atom stereocenters. The van der Waals surface area contributed by atoms with Crippen LogP contribution in [0.25, 0.3) is 0 Å². The molecule has 1 saturated heterocycles. The van der Waals surface area contributed by atoms with Crippen molar-refractivity contribution in [2.75, 3.05) is 32.7 Å². The van der Waals surface area contributed by atoms with E-state index in [-0.39, 0.29) is 11.9 Å². The van der Waals surface area contributed by atoms with Crippen LogP contribution in [0, 0.1) is 0 Å². The molecule has 0 saturated carbocycles. The summed E-state index contributed by atoms with van der Waals surface area (Å²) in [6, 6.07) is 0.0225. The van der Waals surface area contributed by atoms with Crippen LogP contribution in [-0.4, -0.2) is 49.6 Å². The number of rotatable bonds is 7. The first-order chi connectivity index (χ1) is 8.75. The summed E-state index contributed by atoms with van der Waals surface area (Å²) >= 11 is 0. The summed E-state index contributed by atoms with van der Waals surface area (Å²) in [5.74, 6) is 0.176. The number of hydrogen-bond acceptors (Lipinski definition) is 3. The summed E-state index contributed by atoms with van der Waals surface area (Å²) in [5, 5.41) is 6.31. The number of amides is 1. The van der Waals surface area contributed by atoms with E-state index in [9.17, 15) is 4.79 Å². The van der Waals surface area contributed by atoms with E-state index in [1.807, 2.05) is 6.92 Å². The molecule has 1 rings (SSSR count). The summed E-state index contributed by atoms with van der Waals surface area (Å²) in [6.45, 7) is 8.94. The lowest BCUT2D eigenvalue weighted by molar-refractivity contribution is -0.125. The zero-order valence-electron chi connectivity index (χ0n) is 12.0. The maximum atomic E-state index is 12.0. The highest BCUT2D eigenvalue weighted by molar-refractivity contribution is 5.81. The Morgan fingerprint density at radius 2 is 1.78 bits per heavy atom. The van der Waals surface area contributed by atoms with Crippen LogP contribution in [0.2, 0.25) is 0 Å². The Morgan fingerprint density at radius 3 is 2.39 bits per heavy atom. The monoisotopic (exact) mass is 255 g/mol. The van der Waals surface area contributed by atoms with Gasteiger partial charge in [0.2, 0.25) is 5.91 Å². The fraction of sp³-hybridized carbons (Fsp3) is 0.929. The van der Waals surface area contributed by atoms with Crippen molar-refractivity contribution >= 4 is 5.91 Å². The molecule has 1 aliphatic rings. The van der Waals surface area contributed by atoms with E-state index in [1.165, 1.54) is 25.7 Å². The predicted molar refractivity (Wildman–Crippen MR) is 75.7 cm³/mol. The Morgan fingerprint density at radius 1 is 1.11 bits per heavy atom. The van der Waals surface area contributed by atoms with Crippen LogP contribution in [0.15, 0.2) is 0 Å². The SMILES string of the molecule is CCCNCCNC(=O)C(C)N1CCCCCC1. The molecule has 106 valence electrons. The van der Waals surface area contributed by atoms with E-state index in [2.05, 4.69) is 22.5 Å². The van der Waals surface area contributed by atoms with Gasteiger partial charge in [0.1, 0.15) is 0 Å². The highest BCUT2D eigenvalue weighted by Gasteiger charge is 2.21. The Kier molecular flexibility index (Phi) is 8.01. The van der Waals surface area contributed by atoms with Crippen LogP contribution < -0.4 is 10.6 Å². The molecule has 18 heavy (non-hydrogen) atoms. The molecule has 1 fully saturated rings. The fourth-order valence-electron chi connectivity index (χ4n) is 2.37. The van der Waals surface area contributed by atoms with E-state index in [4.69, 9.17) is 0 Å². The zero-order valence-corrected chi connectivity index (χ0v) is 12.0. The van der Waals surface area contributed by atoms with Gasteiger partial charge in [0.15, 0.2) is 0 Å². The van der Waals surface area contributed by atoms with E-state index in [0.29, 0.717) is 0 Å². The van der Waals surface area contributed by atoms with Crippen LogP contribution in [-0.2, 0) is 4.79 Å². The Labute approximate surface area is 111 Å². The van der Waals surface area contributed by atoms with Gasteiger partial charge in [-0.15, -0.1) is 0 Å². The van der Waals surface area contributed by atoms with Crippen molar-refractivity contribution in [1.29, 1.82) is 0 Å². The first-order valence-electron chi connectivity index (χ1n) is 7.48. The van der Waals surface area contributed by atoms with Gasteiger partial charge in [-0.2, -0.15) is 0 Å². The van der Waals surface area contributed by atoms with Crippen LogP contribution in [0.5, 0.6) is 0 Å². The first-order valence-corrected chi connectivity index (χ1v) is 7.48. The maximum absolute atomic E-state index is 12.0. The topological polar surface area (TPSA) is 44.4 Å². The third-order valence-electron chi connectivity index (χ3n) is 3.60. The lowest BCUT2D eigenvalue weighted by Crippen LogP contribution is -2.46. The smallest absolute Gasteiger partial charge is 0.237 e. The minimum absolute atomic E-state index is 0.0225. The van der Waals surface area contributed by atoms with E-state index in [1.54, 1.807) is 0 Å². The molecule has 1 heterocycles. The second kappa shape index (κ2) is 9.34. The number of hydrogen-bond donors (Lipinski definition) is 2. The minimum atomic E-state index is 0.0225. The molecular weight excluding hydrogens is 226 g/mol. The van der Waals surface area contributed by atoms with Gasteiger partial charge in [0.05, 0.1) is 6.04 Å². The maximum Gasteiger partial charge on any atom is 0.237 e. The Hall–Kier alpha value is -0.610. The quantitative estimate of drug-likeness (QED) is 0.675. The Bertz CT molecular complexity index is 225. The highest BCUT2D eigenvalue weighted by atomic mass is 16.2. The number of nitrogens with zero attached hydrogens (tertiary/aromatic N) is 1. The van der Waals surface area contributed by atoms with Gasteiger partial charge in [-0.3, -0.25) is 9.69 Å². The lowest BCUT2D eigenvalue weighted by Gasteiger charge is -2.26. The first kappa shape index (κ1) is 15.4. The number of likely N-dealkylation sites (tertiary alicyclic amines) is 1. The third-order valence-corrected chi connectivity index (χ3v) is 3.60. The second-order valence-corrected chi connectivity index (χ2v) is 5.17. The van der Waals surface area contributed by atoms with Crippen molar-refractivity contribution in [2.24, 2.45) is 0 Å². The molecule has 4 heteroatoms. The molecule has 0 aromatic carbocycles. The van der Waals surface area contributed by atoms with Crippen molar-refractivity contribution in [3.63, 3.8) is 0 Å². The number of carbonyl (C=O) groups excluding carboxylic acids is 1. The van der Waals surface area contributed by atoms with Crippen LogP contribution in [0.3, 0.4) is 0 Å². The van der Waals surface area contributed by atoms with Crippen molar-refractivity contribution < 1.29 is 4.79 Å². The van der Waals surface area contributed by atoms with Gasteiger partial charge in [-0.1, -0.05) is 19.8 Å². The van der Waals surface area contributed by atoms with Gasteiger partial charge in [-0.05, 0) is 45.8 Å². The molecule has 0 spiro atoms. The molecule has 0 radical (unpaired) electrons. The van der Waals surface area contributed by atoms with Gasteiger partial charge >= 0.3 is 0 Å². The summed E-state index contributed by atoms with van der Waals surface area (Å²) in [4.78, 5) is 14.3. The van der Waals surface area contributed by atoms with E-state index in [0.717, 1.165) is 39.1 Å². The standard InChI is InChI=1S/C14H29N3O/c1-3-8-15-9-10-16-14(18)13(2)17-11-6-4-5-7-12-17/h13,15H,3-12H2,1-2H3,(H,16,18). The van der Waals surface area contributed by atoms with Crippen molar-refractivity contribution in [2.45, 2.75) is 52.0 Å². The molecule has 0 bridgehead atoms. The third kappa shape index (κ3) is 5.83. The highest BCUT2D eigenvalue weighted by Crippen LogP contribution is 2.12. The van der Waals surface area contributed by atoms with Crippen LogP contribution >= 0.6 is 0 Å². The Balaban J connectivity index is 2.18. The van der Waals surface area contributed by atoms with E-state index < -0.39 is 0 Å². The van der Waals surface area contributed by atoms with Gasteiger partial charge in [0, 0.05) is 13.1 Å². The molecule has 4 nitrogen and oxygen atoms in total. The summed E-state index contributed by atoms with van der Waals surface area (Å²) in [7, 11) is 0. The summed E-state index contributed by atoms with van der Waals surface area (Å²) in [5.41, 5.74) is 0. The van der Waals surface area contributed by atoms with Gasteiger partial charge in [-0.25, -0.2) is 0 Å². The second-order valence-electron chi connectivity index (χ2n) is 5.17. The number of carbonyl (C=O) groups is 1. The van der Waals surface area contributed by atoms with Crippen molar-refractivity contribution in [3.05, 3.63) is 0 Å². The molecule has 2 N–H and O–H groups in total. The average Bonchev–Trinajstić information content (AvgIpc) is 2.66. The molecule has 0 aliphatic carbocycles. The summed E-state index contributed by atoms with van der Waals surface area (Å²) in [6.07, 6.45) is 6.22. The summed E-state index contributed by atoms with van der Waals surface area (Å²) < 4.78 is 0. The van der Waals surface area contributed by atoms with Gasteiger partial charge in [0.25, 0.3) is 0 Å².